The second-order valence-corrected chi connectivity index (χ2v) is 6.19. The summed E-state index contributed by atoms with van der Waals surface area (Å²) in [6.45, 7) is 5.94. The van der Waals surface area contributed by atoms with Gasteiger partial charge in [-0.25, -0.2) is 0 Å². The highest BCUT2D eigenvalue weighted by Gasteiger charge is 2.23. The molecule has 2 rings (SSSR count). The van der Waals surface area contributed by atoms with E-state index in [-0.39, 0.29) is 12.0 Å². The molecule has 0 aliphatic carbocycles. The summed E-state index contributed by atoms with van der Waals surface area (Å²) in [6, 6.07) is 6.41. The third kappa shape index (κ3) is 2.72. The summed E-state index contributed by atoms with van der Waals surface area (Å²) in [5.41, 5.74) is 2.29. The molecule has 0 amide bonds. The van der Waals surface area contributed by atoms with Gasteiger partial charge in [0.2, 0.25) is 0 Å². The average Bonchev–Trinajstić information content (AvgIpc) is 2.82. The molecule has 1 aliphatic heterocycles. The molecule has 0 saturated carbocycles. The maximum Gasteiger partial charge on any atom is 0.0535 e. The molecule has 94 valence electrons. The van der Waals surface area contributed by atoms with Gasteiger partial charge in [-0.2, -0.15) is 0 Å². The Morgan fingerprint density at radius 1 is 1.47 bits per heavy atom. The molecule has 1 unspecified atom stereocenters. The lowest BCUT2D eigenvalue weighted by molar-refractivity contribution is 0.194. The van der Waals surface area contributed by atoms with Crippen LogP contribution in [0.1, 0.15) is 37.3 Å². The van der Waals surface area contributed by atoms with Crippen LogP contribution in [0.5, 0.6) is 0 Å². The van der Waals surface area contributed by atoms with Crippen LogP contribution in [0, 0.1) is 0 Å². The minimum Gasteiger partial charge on any atom is -0.395 e. The third-order valence-corrected chi connectivity index (χ3v) is 4.23. The van der Waals surface area contributed by atoms with Crippen molar-refractivity contribution in [3.05, 3.63) is 33.8 Å². The third-order valence-electron chi connectivity index (χ3n) is 3.55. The summed E-state index contributed by atoms with van der Waals surface area (Å²) < 4.78 is 6.56. The quantitative estimate of drug-likeness (QED) is 0.928. The lowest BCUT2D eigenvalue weighted by Crippen LogP contribution is -2.22. The number of benzene rings is 1. The SMILES string of the molecule is CC(C)(CO)c1ccc(C2CCOC2)c(Br)c1. The molecule has 1 N–H and O–H groups in total. The number of halogens is 1. The van der Waals surface area contributed by atoms with Gasteiger partial charge in [-0.1, -0.05) is 41.9 Å². The fourth-order valence-corrected chi connectivity index (χ4v) is 2.85. The summed E-state index contributed by atoms with van der Waals surface area (Å²) in [5.74, 6) is 0.510. The second-order valence-electron chi connectivity index (χ2n) is 5.34. The first-order valence-electron chi connectivity index (χ1n) is 6.03. The van der Waals surface area contributed by atoms with E-state index in [2.05, 4.69) is 34.1 Å². The van der Waals surface area contributed by atoms with Crippen LogP contribution < -0.4 is 0 Å². The van der Waals surface area contributed by atoms with Crippen molar-refractivity contribution in [2.75, 3.05) is 19.8 Å². The lowest BCUT2D eigenvalue weighted by atomic mass is 9.84. The Hall–Kier alpha value is -0.380. The van der Waals surface area contributed by atoms with Crippen molar-refractivity contribution in [1.29, 1.82) is 0 Å². The van der Waals surface area contributed by atoms with E-state index < -0.39 is 0 Å². The van der Waals surface area contributed by atoms with Gasteiger partial charge in [0, 0.05) is 22.4 Å². The van der Waals surface area contributed by atoms with Gasteiger partial charge in [0.25, 0.3) is 0 Å². The van der Waals surface area contributed by atoms with Gasteiger partial charge in [-0.05, 0) is 23.6 Å². The highest BCUT2D eigenvalue weighted by Crippen LogP contribution is 2.34. The lowest BCUT2D eigenvalue weighted by Gasteiger charge is -2.23. The topological polar surface area (TPSA) is 29.5 Å². The number of aliphatic hydroxyl groups is 1. The van der Waals surface area contributed by atoms with Gasteiger partial charge >= 0.3 is 0 Å². The summed E-state index contributed by atoms with van der Waals surface area (Å²) in [4.78, 5) is 0. The van der Waals surface area contributed by atoms with Crippen molar-refractivity contribution in [3.8, 4) is 0 Å². The molecular formula is C14H19BrO2. The molecule has 1 aromatic carbocycles. The van der Waals surface area contributed by atoms with E-state index in [4.69, 9.17) is 4.74 Å². The maximum atomic E-state index is 9.38. The fourth-order valence-electron chi connectivity index (χ4n) is 2.15. The van der Waals surface area contributed by atoms with E-state index in [9.17, 15) is 5.11 Å². The molecular weight excluding hydrogens is 280 g/mol. The van der Waals surface area contributed by atoms with Crippen LogP contribution in [0.3, 0.4) is 0 Å². The van der Waals surface area contributed by atoms with Gasteiger partial charge < -0.3 is 9.84 Å². The second kappa shape index (κ2) is 5.09. The van der Waals surface area contributed by atoms with Crippen molar-refractivity contribution < 1.29 is 9.84 Å². The number of hydrogen-bond acceptors (Lipinski definition) is 2. The molecule has 1 atom stereocenters. The van der Waals surface area contributed by atoms with Gasteiger partial charge in [0.15, 0.2) is 0 Å². The highest BCUT2D eigenvalue weighted by atomic mass is 79.9. The molecule has 17 heavy (non-hydrogen) atoms. The van der Waals surface area contributed by atoms with Crippen molar-refractivity contribution in [1.82, 2.24) is 0 Å². The van der Waals surface area contributed by atoms with Crippen LogP contribution >= 0.6 is 15.9 Å². The van der Waals surface area contributed by atoms with Crippen LogP contribution in [0.25, 0.3) is 0 Å². The van der Waals surface area contributed by atoms with Crippen LogP contribution in [0.15, 0.2) is 22.7 Å². The van der Waals surface area contributed by atoms with Crippen LogP contribution in [-0.2, 0) is 10.2 Å². The first-order chi connectivity index (χ1) is 8.04. The predicted molar refractivity (Wildman–Crippen MR) is 72.4 cm³/mol. The largest absolute Gasteiger partial charge is 0.395 e. The molecule has 2 nitrogen and oxygen atoms in total. The molecule has 0 radical (unpaired) electrons. The van der Waals surface area contributed by atoms with E-state index in [1.807, 2.05) is 13.8 Å². The van der Waals surface area contributed by atoms with Gasteiger partial charge in [-0.15, -0.1) is 0 Å². The zero-order chi connectivity index (χ0) is 12.5. The number of hydrogen-bond donors (Lipinski definition) is 1. The minimum atomic E-state index is -0.187. The molecule has 1 aliphatic rings. The van der Waals surface area contributed by atoms with Gasteiger partial charge in [0.05, 0.1) is 13.2 Å². The van der Waals surface area contributed by atoms with Gasteiger partial charge in [0.1, 0.15) is 0 Å². The molecule has 0 aromatic heterocycles. The Morgan fingerprint density at radius 2 is 2.24 bits per heavy atom. The summed E-state index contributed by atoms with van der Waals surface area (Å²) in [6.07, 6.45) is 1.10. The van der Waals surface area contributed by atoms with Crippen molar-refractivity contribution in [3.63, 3.8) is 0 Å². The molecule has 1 heterocycles. The number of aliphatic hydroxyl groups excluding tert-OH is 1. The summed E-state index contributed by atoms with van der Waals surface area (Å²) >= 11 is 3.64. The number of rotatable bonds is 3. The summed E-state index contributed by atoms with van der Waals surface area (Å²) in [5, 5.41) is 9.38. The van der Waals surface area contributed by atoms with Crippen LogP contribution in [-0.4, -0.2) is 24.9 Å². The van der Waals surface area contributed by atoms with Crippen molar-refractivity contribution in [2.24, 2.45) is 0 Å². The van der Waals surface area contributed by atoms with E-state index >= 15 is 0 Å². The molecule has 1 aromatic rings. The Bertz CT molecular complexity index is 395. The fraction of sp³-hybridized carbons (Fsp3) is 0.571. The van der Waals surface area contributed by atoms with E-state index in [0.717, 1.165) is 29.7 Å². The first-order valence-corrected chi connectivity index (χ1v) is 6.82. The van der Waals surface area contributed by atoms with E-state index in [1.54, 1.807) is 0 Å². The molecule has 3 heteroatoms. The normalized spacial score (nSPS) is 20.8. The molecule has 1 saturated heterocycles. The number of ether oxygens (including phenoxy) is 1. The maximum absolute atomic E-state index is 9.38. The monoisotopic (exact) mass is 298 g/mol. The Kier molecular flexibility index (Phi) is 3.91. The van der Waals surface area contributed by atoms with Crippen LogP contribution in [0.4, 0.5) is 0 Å². The van der Waals surface area contributed by atoms with E-state index in [1.165, 1.54) is 5.56 Å². The minimum absolute atomic E-state index is 0.158. The highest BCUT2D eigenvalue weighted by molar-refractivity contribution is 9.10. The standard InChI is InChI=1S/C14H19BrO2/c1-14(2,9-16)11-3-4-12(13(15)7-11)10-5-6-17-8-10/h3-4,7,10,16H,5-6,8-9H2,1-2H3. The first kappa shape index (κ1) is 13.1. The Morgan fingerprint density at radius 3 is 2.76 bits per heavy atom. The van der Waals surface area contributed by atoms with Crippen molar-refractivity contribution >= 4 is 15.9 Å². The molecule has 0 spiro atoms. The predicted octanol–water partition coefficient (Wildman–Crippen LogP) is 3.22. The summed E-state index contributed by atoms with van der Waals surface area (Å²) in [7, 11) is 0. The van der Waals surface area contributed by atoms with Crippen molar-refractivity contribution in [2.45, 2.75) is 31.6 Å². The Labute approximate surface area is 111 Å². The zero-order valence-electron chi connectivity index (χ0n) is 10.4. The Balaban J connectivity index is 2.28. The van der Waals surface area contributed by atoms with Crippen LogP contribution in [0.2, 0.25) is 0 Å². The average molecular weight is 299 g/mol. The molecule has 1 fully saturated rings. The van der Waals surface area contributed by atoms with E-state index in [0.29, 0.717) is 5.92 Å². The smallest absolute Gasteiger partial charge is 0.0535 e. The zero-order valence-corrected chi connectivity index (χ0v) is 12.0. The van der Waals surface area contributed by atoms with Gasteiger partial charge in [-0.3, -0.25) is 0 Å². The molecule has 0 bridgehead atoms.